The number of rotatable bonds is 4. The zero-order chi connectivity index (χ0) is 21.5. The first-order valence-electron chi connectivity index (χ1n) is 9.76. The molecule has 0 saturated heterocycles. The average Bonchev–Trinajstić information content (AvgIpc) is 3.12. The van der Waals surface area contributed by atoms with Gasteiger partial charge < -0.3 is 14.8 Å². The molecule has 8 heteroatoms. The zero-order valence-corrected chi connectivity index (χ0v) is 19.7. The van der Waals surface area contributed by atoms with Crippen LogP contribution in [0.15, 0.2) is 50.5 Å². The third-order valence-corrected chi connectivity index (χ3v) is 9.14. The number of carbonyl (C=O) groups excluding carboxylic acids is 2. The molecule has 4 rings (SSSR count). The molecule has 5 nitrogen and oxygen atoms in total. The maximum Gasteiger partial charge on any atom is 0.345 e. The molecule has 3 aliphatic rings. The monoisotopic (exact) mass is 461 g/mol. The Labute approximate surface area is 189 Å². The Kier molecular flexibility index (Phi) is 5.76. The van der Waals surface area contributed by atoms with Gasteiger partial charge in [-0.2, -0.15) is 0 Å². The summed E-state index contributed by atoms with van der Waals surface area (Å²) < 4.78 is 9.91. The minimum atomic E-state index is -0.639. The van der Waals surface area contributed by atoms with Crippen LogP contribution in [-0.2, 0) is 19.1 Å². The van der Waals surface area contributed by atoms with Crippen molar-refractivity contribution < 1.29 is 19.1 Å². The van der Waals surface area contributed by atoms with Gasteiger partial charge in [0.25, 0.3) is 0 Å². The van der Waals surface area contributed by atoms with Crippen molar-refractivity contribution in [3.63, 3.8) is 0 Å². The molecule has 3 heterocycles. The minimum absolute atomic E-state index is 0.312. The molecule has 30 heavy (non-hydrogen) atoms. The van der Waals surface area contributed by atoms with Gasteiger partial charge in [-0.25, -0.2) is 9.59 Å². The topological polar surface area (TPSA) is 64.6 Å². The molecule has 158 valence electrons. The quantitative estimate of drug-likeness (QED) is 0.600. The summed E-state index contributed by atoms with van der Waals surface area (Å²) in [7, 11) is 0. The van der Waals surface area contributed by atoms with E-state index in [1.54, 1.807) is 13.8 Å². The van der Waals surface area contributed by atoms with E-state index in [1.807, 2.05) is 23.6 Å². The Hall–Kier alpha value is -1.77. The highest BCUT2D eigenvalue weighted by Crippen LogP contribution is 2.65. The number of anilines is 1. The molecule has 1 aromatic carbocycles. The molecule has 0 amide bonds. The maximum absolute atomic E-state index is 12.7. The number of carbonyl (C=O) groups is 2. The van der Waals surface area contributed by atoms with Crippen molar-refractivity contribution in [2.24, 2.45) is 0 Å². The molecule has 1 spiro atoms. The van der Waals surface area contributed by atoms with E-state index in [0.717, 1.165) is 21.7 Å². The van der Waals surface area contributed by atoms with E-state index in [0.29, 0.717) is 23.0 Å². The van der Waals surface area contributed by atoms with Crippen LogP contribution in [0, 0.1) is 0 Å². The number of nitrogens with one attached hydrogen (secondary N) is 1. The Morgan fingerprint density at radius 1 is 1.03 bits per heavy atom. The van der Waals surface area contributed by atoms with Gasteiger partial charge in [-0.15, -0.1) is 11.8 Å². The van der Waals surface area contributed by atoms with Crippen LogP contribution in [0.25, 0.3) is 5.57 Å². The molecule has 0 aliphatic carbocycles. The lowest BCUT2D eigenvalue weighted by molar-refractivity contribution is -0.138. The Bertz CT molecular complexity index is 1010. The van der Waals surface area contributed by atoms with E-state index < -0.39 is 4.08 Å². The molecular weight excluding hydrogens is 438 g/mol. The summed E-state index contributed by atoms with van der Waals surface area (Å²) in [6, 6.07) is 8.17. The van der Waals surface area contributed by atoms with Gasteiger partial charge in [-0.1, -0.05) is 41.7 Å². The van der Waals surface area contributed by atoms with Crippen molar-refractivity contribution in [1.29, 1.82) is 0 Å². The molecule has 1 aromatic rings. The number of ether oxygens (including phenoxy) is 2. The summed E-state index contributed by atoms with van der Waals surface area (Å²) in [5, 5.41) is 5.45. The normalized spacial score (nSPS) is 23.7. The van der Waals surface area contributed by atoms with Gasteiger partial charge in [-0.05, 0) is 45.2 Å². The van der Waals surface area contributed by atoms with Crippen molar-refractivity contribution in [3.05, 3.63) is 56.0 Å². The number of hydrogen-bond acceptors (Lipinski definition) is 8. The van der Waals surface area contributed by atoms with Crippen LogP contribution < -0.4 is 5.32 Å². The number of esters is 2. The molecule has 1 N–H and O–H groups in total. The number of benzene rings is 1. The van der Waals surface area contributed by atoms with Gasteiger partial charge in [0.2, 0.25) is 0 Å². The maximum atomic E-state index is 12.7. The van der Waals surface area contributed by atoms with Crippen LogP contribution in [0.4, 0.5) is 5.69 Å². The first kappa shape index (κ1) is 21.5. The largest absolute Gasteiger partial charge is 0.462 e. The Morgan fingerprint density at radius 3 is 2.40 bits per heavy atom. The second-order valence-electron chi connectivity index (χ2n) is 7.42. The molecule has 0 bridgehead atoms. The molecule has 0 fully saturated rings. The summed E-state index contributed by atoms with van der Waals surface area (Å²) in [6.07, 6.45) is 1.95. The van der Waals surface area contributed by atoms with Gasteiger partial charge in [0.1, 0.15) is 8.98 Å². The Balaban J connectivity index is 1.86. The van der Waals surface area contributed by atoms with Gasteiger partial charge in [0, 0.05) is 21.7 Å². The predicted molar refractivity (Wildman–Crippen MR) is 126 cm³/mol. The molecule has 0 aromatic heterocycles. The highest BCUT2D eigenvalue weighted by Gasteiger charge is 2.51. The molecule has 3 aliphatic heterocycles. The van der Waals surface area contributed by atoms with Crippen molar-refractivity contribution in [1.82, 2.24) is 0 Å². The zero-order valence-electron chi connectivity index (χ0n) is 17.2. The predicted octanol–water partition coefficient (Wildman–Crippen LogP) is 5.38. The SMILES string of the molecule is CCOC(=O)C1=C[C@@]2(SC=C(C(=O)OCC)S2)C2=C(S1)C(C)(C)Nc1ccccc12. The molecule has 0 unspecified atom stereocenters. The number of thioether (sulfide) groups is 3. The smallest absolute Gasteiger partial charge is 0.345 e. The van der Waals surface area contributed by atoms with Gasteiger partial charge in [0.15, 0.2) is 0 Å². The second kappa shape index (κ2) is 8.05. The summed E-state index contributed by atoms with van der Waals surface area (Å²) in [6.45, 7) is 8.44. The van der Waals surface area contributed by atoms with Crippen LogP contribution in [-0.4, -0.2) is 34.8 Å². The van der Waals surface area contributed by atoms with E-state index in [-0.39, 0.29) is 17.5 Å². The van der Waals surface area contributed by atoms with E-state index in [2.05, 4.69) is 31.3 Å². The Morgan fingerprint density at radius 2 is 1.70 bits per heavy atom. The molecule has 0 radical (unpaired) electrons. The van der Waals surface area contributed by atoms with Crippen molar-refractivity contribution in [2.75, 3.05) is 18.5 Å². The summed E-state index contributed by atoms with van der Waals surface area (Å²) in [5.74, 6) is -0.673. The van der Waals surface area contributed by atoms with Gasteiger partial charge in [0.05, 0.1) is 23.7 Å². The standard InChI is InChI=1S/C22H23NO4S3/c1-5-26-19(24)15-11-22(28-12-16(30-22)20(25)27-6-2)17-13-9-7-8-10-14(13)23-21(3,4)18(17)29-15/h7-12,23H,5-6H2,1-4H3/t22-/m0/s1. The molecular formula is C22H23NO4S3. The van der Waals surface area contributed by atoms with Crippen molar-refractivity contribution in [3.8, 4) is 0 Å². The average molecular weight is 462 g/mol. The van der Waals surface area contributed by atoms with Crippen LogP contribution in [0.5, 0.6) is 0 Å². The summed E-state index contributed by atoms with van der Waals surface area (Å²) in [5.41, 5.74) is 2.85. The minimum Gasteiger partial charge on any atom is -0.462 e. The number of para-hydroxylation sites is 1. The van der Waals surface area contributed by atoms with Crippen molar-refractivity contribution >= 4 is 58.5 Å². The van der Waals surface area contributed by atoms with Crippen LogP contribution >= 0.6 is 35.3 Å². The summed E-state index contributed by atoms with van der Waals surface area (Å²) in [4.78, 5) is 27.3. The van der Waals surface area contributed by atoms with Gasteiger partial charge in [-0.3, -0.25) is 0 Å². The van der Waals surface area contributed by atoms with E-state index in [1.165, 1.54) is 35.3 Å². The van der Waals surface area contributed by atoms with E-state index in [9.17, 15) is 9.59 Å². The molecule has 1 atom stereocenters. The highest BCUT2D eigenvalue weighted by molar-refractivity contribution is 8.25. The highest BCUT2D eigenvalue weighted by atomic mass is 32.2. The fourth-order valence-electron chi connectivity index (χ4n) is 3.67. The van der Waals surface area contributed by atoms with Crippen molar-refractivity contribution in [2.45, 2.75) is 37.3 Å². The first-order valence-corrected chi connectivity index (χ1v) is 12.3. The van der Waals surface area contributed by atoms with Crippen LogP contribution in [0.3, 0.4) is 0 Å². The van der Waals surface area contributed by atoms with E-state index >= 15 is 0 Å². The van der Waals surface area contributed by atoms with Crippen LogP contribution in [0.1, 0.15) is 33.3 Å². The lowest BCUT2D eigenvalue weighted by Crippen LogP contribution is -2.40. The third kappa shape index (κ3) is 3.59. The first-order chi connectivity index (χ1) is 14.3. The van der Waals surface area contributed by atoms with Gasteiger partial charge >= 0.3 is 11.9 Å². The number of fused-ring (bicyclic) bond motifs is 3. The van der Waals surface area contributed by atoms with Crippen LogP contribution in [0.2, 0.25) is 0 Å². The number of hydrogen-bond donors (Lipinski definition) is 1. The fourth-order valence-corrected chi connectivity index (χ4v) is 8.02. The van der Waals surface area contributed by atoms with E-state index in [4.69, 9.17) is 9.47 Å². The summed E-state index contributed by atoms with van der Waals surface area (Å²) >= 11 is 4.42. The molecule has 0 saturated carbocycles. The lowest BCUT2D eigenvalue weighted by atomic mass is 9.87. The fraction of sp³-hybridized carbons (Fsp3) is 0.364. The lowest BCUT2D eigenvalue weighted by Gasteiger charge is -2.44. The third-order valence-electron chi connectivity index (χ3n) is 4.88. The second-order valence-corrected chi connectivity index (χ2v) is 11.1.